The van der Waals surface area contributed by atoms with Crippen LogP contribution < -0.4 is 0 Å². The molecule has 0 unspecified atom stereocenters. The molecule has 2 aliphatic rings. The summed E-state index contributed by atoms with van der Waals surface area (Å²) < 4.78 is 0. The minimum absolute atomic E-state index is 0.536. The third-order valence-corrected chi connectivity index (χ3v) is 2.96. The molecule has 0 amide bonds. The lowest BCUT2D eigenvalue weighted by Crippen LogP contribution is -2.42. The average Bonchev–Trinajstić information content (AvgIpc) is 2.29. The van der Waals surface area contributed by atoms with Crippen molar-refractivity contribution in [3.05, 3.63) is 12.2 Å². The van der Waals surface area contributed by atoms with E-state index in [9.17, 15) is 0 Å². The second-order valence-corrected chi connectivity index (χ2v) is 3.72. The van der Waals surface area contributed by atoms with E-state index in [4.69, 9.17) is 0 Å². The zero-order chi connectivity index (χ0) is 7.03. The highest BCUT2D eigenvalue weighted by molar-refractivity contribution is 5.05. The van der Waals surface area contributed by atoms with E-state index >= 15 is 0 Å². The molecule has 2 aliphatic heterocycles. The summed E-state index contributed by atoms with van der Waals surface area (Å²) in [6.45, 7) is 4.90. The van der Waals surface area contributed by atoms with Crippen LogP contribution in [0, 0.1) is 0 Å². The smallest absolute Gasteiger partial charge is 0.0219 e. The van der Waals surface area contributed by atoms with Gasteiger partial charge in [-0.25, -0.2) is 0 Å². The first-order valence-electron chi connectivity index (χ1n) is 4.21. The molecule has 0 saturated carbocycles. The highest BCUT2D eigenvalue weighted by Gasteiger charge is 2.35. The Morgan fingerprint density at radius 3 is 3.10 bits per heavy atom. The van der Waals surface area contributed by atoms with Gasteiger partial charge >= 0.3 is 0 Å². The molecule has 0 bridgehead atoms. The second kappa shape index (κ2) is 2.09. The summed E-state index contributed by atoms with van der Waals surface area (Å²) in [6.07, 6.45) is 8.71. The molecule has 0 aromatic heterocycles. The van der Waals surface area contributed by atoms with Crippen LogP contribution in [0.25, 0.3) is 0 Å². The molecule has 0 radical (unpaired) electrons. The lowest BCUT2D eigenvalue weighted by Gasteiger charge is -2.36. The van der Waals surface area contributed by atoms with E-state index in [1.54, 1.807) is 0 Å². The predicted molar refractivity (Wildman–Crippen MR) is 43.0 cm³/mol. The molecule has 1 saturated heterocycles. The Morgan fingerprint density at radius 1 is 1.40 bits per heavy atom. The maximum absolute atomic E-state index is 2.60. The summed E-state index contributed by atoms with van der Waals surface area (Å²) in [5, 5.41) is 0. The number of rotatable bonds is 0. The molecule has 0 aliphatic carbocycles. The van der Waals surface area contributed by atoms with Gasteiger partial charge in [-0.3, -0.25) is 4.90 Å². The van der Waals surface area contributed by atoms with Crippen molar-refractivity contribution in [2.75, 3.05) is 13.1 Å². The van der Waals surface area contributed by atoms with Crippen molar-refractivity contribution in [2.24, 2.45) is 0 Å². The first-order chi connectivity index (χ1) is 4.81. The maximum Gasteiger partial charge on any atom is 0.0219 e. The van der Waals surface area contributed by atoms with Gasteiger partial charge in [-0.1, -0.05) is 12.2 Å². The molecule has 2 rings (SSSR count). The molecule has 1 nitrogen and oxygen atoms in total. The largest absolute Gasteiger partial charge is 0.294 e. The van der Waals surface area contributed by atoms with Gasteiger partial charge in [-0.2, -0.15) is 0 Å². The summed E-state index contributed by atoms with van der Waals surface area (Å²) in [5.41, 5.74) is 0.536. The van der Waals surface area contributed by atoms with Gasteiger partial charge in [0.25, 0.3) is 0 Å². The predicted octanol–water partition coefficient (Wildman–Crippen LogP) is 1.80. The van der Waals surface area contributed by atoms with Gasteiger partial charge in [-0.05, 0) is 32.7 Å². The number of nitrogens with zero attached hydrogens (tertiary/aromatic N) is 1. The van der Waals surface area contributed by atoms with Gasteiger partial charge in [-0.15, -0.1) is 0 Å². The van der Waals surface area contributed by atoms with Crippen LogP contribution in [0.15, 0.2) is 12.2 Å². The molecule has 0 aromatic rings. The van der Waals surface area contributed by atoms with E-state index in [0.717, 1.165) is 0 Å². The van der Waals surface area contributed by atoms with Crippen molar-refractivity contribution >= 4 is 0 Å². The van der Waals surface area contributed by atoms with E-state index in [0.29, 0.717) is 5.54 Å². The van der Waals surface area contributed by atoms with Crippen molar-refractivity contribution in [3.8, 4) is 0 Å². The Morgan fingerprint density at radius 2 is 2.30 bits per heavy atom. The van der Waals surface area contributed by atoms with Crippen molar-refractivity contribution in [3.63, 3.8) is 0 Å². The summed E-state index contributed by atoms with van der Waals surface area (Å²) in [7, 11) is 0. The second-order valence-electron chi connectivity index (χ2n) is 3.72. The lowest BCUT2D eigenvalue weighted by molar-refractivity contribution is 0.167. The minimum Gasteiger partial charge on any atom is -0.294 e. The van der Waals surface area contributed by atoms with Gasteiger partial charge in [0.2, 0.25) is 0 Å². The van der Waals surface area contributed by atoms with Crippen LogP contribution in [-0.4, -0.2) is 23.5 Å². The maximum atomic E-state index is 2.60. The fourth-order valence-corrected chi connectivity index (χ4v) is 2.16. The monoisotopic (exact) mass is 137 g/mol. The molecule has 1 heteroatoms. The Hall–Kier alpha value is -0.300. The topological polar surface area (TPSA) is 3.24 Å². The van der Waals surface area contributed by atoms with E-state index in [1.165, 1.54) is 32.4 Å². The Labute approximate surface area is 62.7 Å². The van der Waals surface area contributed by atoms with Crippen molar-refractivity contribution in [2.45, 2.75) is 31.7 Å². The highest BCUT2D eigenvalue weighted by atomic mass is 15.2. The molecule has 2 heterocycles. The minimum atomic E-state index is 0.536. The van der Waals surface area contributed by atoms with Crippen LogP contribution in [0.2, 0.25) is 0 Å². The Kier molecular flexibility index (Phi) is 1.34. The van der Waals surface area contributed by atoms with E-state index in [1.807, 2.05) is 0 Å². The van der Waals surface area contributed by atoms with Crippen LogP contribution in [0.4, 0.5) is 0 Å². The van der Waals surface area contributed by atoms with Gasteiger partial charge < -0.3 is 0 Å². The summed E-state index contributed by atoms with van der Waals surface area (Å²) in [5.74, 6) is 0. The molecule has 0 spiro atoms. The van der Waals surface area contributed by atoms with E-state index < -0.39 is 0 Å². The van der Waals surface area contributed by atoms with Crippen molar-refractivity contribution in [1.82, 2.24) is 4.90 Å². The highest BCUT2D eigenvalue weighted by Crippen LogP contribution is 2.33. The SMILES string of the molecule is C[C@]12CC=CCN1CCC2. The fraction of sp³-hybridized carbons (Fsp3) is 0.778. The average molecular weight is 137 g/mol. The molecule has 10 heavy (non-hydrogen) atoms. The Balaban J connectivity index is 2.20. The number of hydrogen-bond donors (Lipinski definition) is 0. The first-order valence-corrected chi connectivity index (χ1v) is 4.21. The molecule has 56 valence electrons. The first kappa shape index (κ1) is 6.41. The zero-order valence-corrected chi connectivity index (χ0v) is 6.64. The van der Waals surface area contributed by atoms with Crippen LogP contribution in [0.1, 0.15) is 26.2 Å². The number of fused-ring (bicyclic) bond motifs is 1. The van der Waals surface area contributed by atoms with Gasteiger partial charge in [0.1, 0.15) is 0 Å². The summed E-state index contributed by atoms with van der Waals surface area (Å²) in [6, 6.07) is 0. The van der Waals surface area contributed by atoms with Gasteiger partial charge in [0.15, 0.2) is 0 Å². The van der Waals surface area contributed by atoms with Crippen LogP contribution in [0.3, 0.4) is 0 Å². The summed E-state index contributed by atoms with van der Waals surface area (Å²) >= 11 is 0. The molecule has 1 fully saturated rings. The molecular weight excluding hydrogens is 122 g/mol. The van der Waals surface area contributed by atoms with Crippen molar-refractivity contribution in [1.29, 1.82) is 0 Å². The standard InChI is InChI=1S/C9H15N/c1-9-5-2-3-7-10(9)8-4-6-9/h2-3H,4-8H2,1H3/t9-/m1/s1. The van der Waals surface area contributed by atoms with E-state index in [2.05, 4.69) is 24.0 Å². The number of hydrogen-bond acceptors (Lipinski definition) is 1. The van der Waals surface area contributed by atoms with Crippen LogP contribution in [-0.2, 0) is 0 Å². The van der Waals surface area contributed by atoms with Crippen LogP contribution in [0.5, 0.6) is 0 Å². The third-order valence-electron chi connectivity index (χ3n) is 2.96. The normalized spacial score (nSPS) is 40.1. The summed E-state index contributed by atoms with van der Waals surface area (Å²) in [4.78, 5) is 2.60. The van der Waals surface area contributed by atoms with Crippen LogP contribution >= 0.6 is 0 Å². The molecule has 0 N–H and O–H groups in total. The lowest BCUT2D eigenvalue weighted by atomic mass is 9.92. The zero-order valence-electron chi connectivity index (χ0n) is 6.64. The van der Waals surface area contributed by atoms with Gasteiger partial charge in [0.05, 0.1) is 0 Å². The molecule has 1 atom stereocenters. The Bertz CT molecular complexity index is 162. The van der Waals surface area contributed by atoms with E-state index in [-0.39, 0.29) is 0 Å². The van der Waals surface area contributed by atoms with Gasteiger partial charge in [0, 0.05) is 12.1 Å². The fourth-order valence-electron chi connectivity index (χ4n) is 2.16. The molecule has 0 aromatic carbocycles. The van der Waals surface area contributed by atoms with Crippen molar-refractivity contribution < 1.29 is 0 Å². The quantitative estimate of drug-likeness (QED) is 0.460. The third kappa shape index (κ3) is 0.807. The molecular formula is C9H15N.